The van der Waals surface area contributed by atoms with Gasteiger partial charge >= 0.3 is 0 Å². The van der Waals surface area contributed by atoms with E-state index in [2.05, 4.69) is 10.3 Å². The fourth-order valence-electron chi connectivity index (χ4n) is 4.46. The number of aromatic nitrogens is 1. The van der Waals surface area contributed by atoms with E-state index in [0.29, 0.717) is 5.56 Å². The van der Waals surface area contributed by atoms with Crippen LogP contribution in [-0.4, -0.2) is 28.2 Å². The van der Waals surface area contributed by atoms with Crippen molar-refractivity contribution < 1.29 is 9.59 Å². The summed E-state index contributed by atoms with van der Waals surface area (Å²) < 4.78 is 0. The third kappa shape index (κ3) is 3.38. The van der Waals surface area contributed by atoms with Crippen molar-refractivity contribution in [3.63, 3.8) is 0 Å². The number of carbonyl (C=O) groups is 2. The lowest BCUT2D eigenvalue weighted by Gasteiger charge is -2.26. The van der Waals surface area contributed by atoms with E-state index in [1.807, 2.05) is 92.0 Å². The number of benzene rings is 3. The minimum Gasteiger partial charge on any atom is -0.361 e. The Bertz CT molecular complexity index is 1260. The van der Waals surface area contributed by atoms with Gasteiger partial charge in [0, 0.05) is 28.2 Å². The normalized spacial score (nSPS) is 16.4. The van der Waals surface area contributed by atoms with Gasteiger partial charge in [-0.3, -0.25) is 9.59 Å². The van der Waals surface area contributed by atoms with Crippen molar-refractivity contribution in [2.45, 2.75) is 19.0 Å². The van der Waals surface area contributed by atoms with E-state index < -0.39 is 0 Å². The third-order valence-electron chi connectivity index (χ3n) is 5.97. The summed E-state index contributed by atoms with van der Waals surface area (Å²) in [5.41, 5.74) is 4.62. The Morgan fingerprint density at radius 2 is 1.68 bits per heavy atom. The molecule has 154 valence electrons. The van der Waals surface area contributed by atoms with Crippen LogP contribution in [0.5, 0.6) is 0 Å². The van der Waals surface area contributed by atoms with E-state index in [4.69, 9.17) is 0 Å². The quantitative estimate of drug-likeness (QED) is 0.506. The van der Waals surface area contributed by atoms with Crippen LogP contribution < -0.4 is 5.32 Å². The van der Waals surface area contributed by atoms with Crippen molar-refractivity contribution in [2.24, 2.45) is 0 Å². The smallest absolute Gasteiger partial charge is 0.255 e. The molecule has 1 aliphatic rings. The highest BCUT2D eigenvalue weighted by Crippen LogP contribution is 2.40. The number of hydrogen-bond acceptors (Lipinski definition) is 2. The molecule has 1 aliphatic heterocycles. The Hall–Kier alpha value is -3.86. The topological polar surface area (TPSA) is 65.2 Å². The Kier molecular flexibility index (Phi) is 4.79. The van der Waals surface area contributed by atoms with Crippen LogP contribution >= 0.6 is 0 Å². The lowest BCUT2D eigenvalue weighted by molar-refractivity contribution is -0.122. The molecule has 2 amide bonds. The summed E-state index contributed by atoms with van der Waals surface area (Å²) in [6.45, 7) is 1.94. The molecule has 0 aliphatic carbocycles. The summed E-state index contributed by atoms with van der Waals surface area (Å²) in [5.74, 6) is -0.296. The molecule has 2 heterocycles. The van der Waals surface area contributed by atoms with Crippen LogP contribution in [0, 0.1) is 0 Å². The van der Waals surface area contributed by atoms with Crippen molar-refractivity contribution >= 4 is 22.7 Å². The van der Waals surface area contributed by atoms with Gasteiger partial charge in [-0.1, -0.05) is 66.7 Å². The standard InChI is InChI=1S/C26H23N3O2/c1-17(18-9-3-2-4-10-18)28-24(30)16-29-25(20-12-5-6-13-21(20)26(29)31)22-15-27-23-14-8-7-11-19(22)23/h2-15,17,25,27H,16H2,1H3,(H,28,30)/t17-,25-/m1/s1. The maximum atomic E-state index is 13.3. The van der Waals surface area contributed by atoms with Gasteiger partial charge in [-0.15, -0.1) is 0 Å². The monoisotopic (exact) mass is 409 g/mol. The number of hydrogen-bond donors (Lipinski definition) is 2. The number of para-hydroxylation sites is 1. The molecule has 0 bridgehead atoms. The minimum absolute atomic E-state index is 0.00510. The Morgan fingerprint density at radius 1 is 0.968 bits per heavy atom. The minimum atomic E-state index is -0.308. The summed E-state index contributed by atoms with van der Waals surface area (Å²) >= 11 is 0. The molecular formula is C26H23N3O2. The molecule has 0 spiro atoms. The highest BCUT2D eigenvalue weighted by Gasteiger charge is 2.39. The Balaban J connectivity index is 1.47. The van der Waals surface area contributed by atoms with Gasteiger partial charge < -0.3 is 15.2 Å². The number of rotatable bonds is 5. The molecule has 31 heavy (non-hydrogen) atoms. The van der Waals surface area contributed by atoms with Gasteiger partial charge in [-0.25, -0.2) is 0 Å². The molecule has 0 fully saturated rings. The van der Waals surface area contributed by atoms with E-state index in [-0.39, 0.29) is 30.4 Å². The molecule has 4 aromatic rings. The van der Waals surface area contributed by atoms with Gasteiger partial charge in [0.15, 0.2) is 0 Å². The number of nitrogens with one attached hydrogen (secondary N) is 2. The summed E-state index contributed by atoms with van der Waals surface area (Å²) in [7, 11) is 0. The van der Waals surface area contributed by atoms with E-state index in [1.165, 1.54) is 0 Å². The van der Waals surface area contributed by atoms with Crippen LogP contribution in [0.15, 0.2) is 85.1 Å². The van der Waals surface area contributed by atoms with Crippen molar-refractivity contribution in [2.75, 3.05) is 6.54 Å². The lowest BCUT2D eigenvalue weighted by atomic mass is 9.97. The second-order valence-corrected chi connectivity index (χ2v) is 7.91. The second-order valence-electron chi connectivity index (χ2n) is 7.91. The largest absolute Gasteiger partial charge is 0.361 e. The molecule has 0 saturated carbocycles. The summed E-state index contributed by atoms with van der Waals surface area (Å²) in [4.78, 5) is 31.2. The first-order chi connectivity index (χ1) is 15.1. The summed E-state index contributed by atoms with van der Waals surface area (Å²) in [5, 5.41) is 4.09. The average molecular weight is 409 g/mol. The molecule has 5 nitrogen and oxygen atoms in total. The number of nitrogens with zero attached hydrogens (tertiary/aromatic N) is 1. The van der Waals surface area contributed by atoms with Crippen LogP contribution in [0.1, 0.15) is 46.1 Å². The zero-order chi connectivity index (χ0) is 21.4. The van der Waals surface area contributed by atoms with Crippen molar-refractivity contribution in [1.82, 2.24) is 15.2 Å². The van der Waals surface area contributed by atoms with Gasteiger partial charge in [0.1, 0.15) is 6.54 Å². The lowest BCUT2D eigenvalue weighted by Crippen LogP contribution is -2.40. The maximum absolute atomic E-state index is 13.3. The van der Waals surface area contributed by atoms with Crippen molar-refractivity contribution in [3.05, 3.63) is 107 Å². The molecule has 3 aromatic carbocycles. The molecule has 0 radical (unpaired) electrons. The van der Waals surface area contributed by atoms with Crippen molar-refractivity contribution in [3.8, 4) is 0 Å². The van der Waals surface area contributed by atoms with Crippen LogP contribution in [0.25, 0.3) is 10.9 Å². The zero-order valence-corrected chi connectivity index (χ0v) is 17.2. The predicted octanol–water partition coefficient (Wildman–Crippen LogP) is 4.59. The number of amides is 2. The molecule has 1 aromatic heterocycles. The summed E-state index contributed by atoms with van der Waals surface area (Å²) in [6.07, 6.45) is 1.95. The third-order valence-corrected chi connectivity index (χ3v) is 5.97. The van der Waals surface area contributed by atoms with Gasteiger partial charge in [-0.2, -0.15) is 0 Å². The first-order valence-corrected chi connectivity index (χ1v) is 10.4. The van der Waals surface area contributed by atoms with Crippen LogP contribution in [-0.2, 0) is 4.79 Å². The number of fused-ring (bicyclic) bond motifs is 2. The van der Waals surface area contributed by atoms with Crippen LogP contribution in [0.2, 0.25) is 0 Å². The molecule has 0 saturated heterocycles. The first-order valence-electron chi connectivity index (χ1n) is 10.4. The molecule has 5 rings (SSSR count). The second kappa shape index (κ2) is 7.76. The highest BCUT2D eigenvalue weighted by molar-refractivity contribution is 6.02. The van der Waals surface area contributed by atoms with E-state index in [0.717, 1.165) is 27.6 Å². The molecule has 5 heteroatoms. The Labute approximate surface area is 180 Å². The molecule has 0 unspecified atom stereocenters. The molecular weight excluding hydrogens is 386 g/mol. The number of H-pyrrole nitrogens is 1. The van der Waals surface area contributed by atoms with Gasteiger partial charge in [0.2, 0.25) is 5.91 Å². The van der Waals surface area contributed by atoms with Gasteiger partial charge in [0.25, 0.3) is 5.91 Å². The zero-order valence-electron chi connectivity index (χ0n) is 17.2. The number of aromatic amines is 1. The average Bonchev–Trinajstić information content (AvgIpc) is 3.33. The van der Waals surface area contributed by atoms with Crippen LogP contribution in [0.4, 0.5) is 0 Å². The van der Waals surface area contributed by atoms with Gasteiger partial charge in [0.05, 0.1) is 12.1 Å². The SMILES string of the molecule is C[C@@H](NC(=O)CN1C(=O)c2ccccc2[C@@H]1c1c[nH]c2ccccc12)c1ccccc1. The van der Waals surface area contributed by atoms with E-state index >= 15 is 0 Å². The fraction of sp³-hybridized carbons (Fsp3) is 0.154. The maximum Gasteiger partial charge on any atom is 0.255 e. The highest BCUT2D eigenvalue weighted by atomic mass is 16.2. The fourth-order valence-corrected chi connectivity index (χ4v) is 4.46. The molecule has 2 N–H and O–H groups in total. The number of carbonyl (C=O) groups excluding carboxylic acids is 2. The van der Waals surface area contributed by atoms with E-state index in [1.54, 1.807) is 4.90 Å². The molecule has 2 atom stereocenters. The predicted molar refractivity (Wildman–Crippen MR) is 121 cm³/mol. The van der Waals surface area contributed by atoms with Gasteiger partial charge in [-0.05, 0) is 30.2 Å². The summed E-state index contributed by atoms with van der Waals surface area (Å²) in [6, 6.07) is 25.0. The van der Waals surface area contributed by atoms with Crippen LogP contribution in [0.3, 0.4) is 0 Å². The van der Waals surface area contributed by atoms with Crippen molar-refractivity contribution in [1.29, 1.82) is 0 Å². The first kappa shape index (κ1) is 19.1. The Morgan fingerprint density at radius 3 is 2.52 bits per heavy atom. The van der Waals surface area contributed by atoms with E-state index in [9.17, 15) is 9.59 Å².